The van der Waals surface area contributed by atoms with Crippen LogP contribution in [0.4, 0.5) is 13.2 Å². The van der Waals surface area contributed by atoms with E-state index in [1.807, 2.05) is 0 Å². The first-order valence-electron chi connectivity index (χ1n) is 6.88. The molecule has 1 aromatic rings. The van der Waals surface area contributed by atoms with Crippen molar-refractivity contribution in [2.75, 3.05) is 20.3 Å². The van der Waals surface area contributed by atoms with Gasteiger partial charge in [-0.25, -0.2) is 8.42 Å². The predicted octanol–water partition coefficient (Wildman–Crippen LogP) is 2.53. The van der Waals surface area contributed by atoms with Crippen molar-refractivity contribution in [2.24, 2.45) is 7.05 Å². The first kappa shape index (κ1) is 22.2. The van der Waals surface area contributed by atoms with Crippen LogP contribution in [0.1, 0.15) is 5.56 Å². The second-order valence-electron chi connectivity index (χ2n) is 7.40. The van der Waals surface area contributed by atoms with Crippen LogP contribution in [0.15, 0.2) is 18.5 Å². The molecular weight excluding hydrogens is 349 g/mol. The zero-order valence-electron chi connectivity index (χ0n) is 14.3. The van der Waals surface area contributed by atoms with Crippen molar-refractivity contribution >= 4 is 18.2 Å². The van der Waals surface area contributed by atoms with Crippen LogP contribution in [0.5, 0.6) is 0 Å². The SMILES string of the molecule is Cn1ccc(C[N+](C)(C)C[Si](C)(C)C)c1.O=S(=O)([O-])C(F)(F)F. The average Bonchev–Trinajstić information content (AvgIpc) is 2.56. The highest BCUT2D eigenvalue weighted by atomic mass is 32.2. The maximum absolute atomic E-state index is 10.7. The van der Waals surface area contributed by atoms with Gasteiger partial charge in [-0.05, 0) is 6.07 Å². The van der Waals surface area contributed by atoms with E-state index >= 15 is 0 Å². The molecule has 0 N–H and O–H groups in total. The second kappa shape index (κ2) is 7.37. The van der Waals surface area contributed by atoms with E-state index in [0.29, 0.717) is 0 Å². The zero-order chi connectivity index (χ0) is 18.7. The third kappa shape index (κ3) is 9.79. The van der Waals surface area contributed by atoms with E-state index in [4.69, 9.17) is 13.0 Å². The molecule has 0 saturated heterocycles. The molecule has 0 unspecified atom stereocenters. The van der Waals surface area contributed by atoms with E-state index in [0.717, 1.165) is 11.0 Å². The van der Waals surface area contributed by atoms with Gasteiger partial charge in [0.1, 0.15) is 14.6 Å². The van der Waals surface area contributed by atoms with Gasteiger partial charge >= 0.3 is 5.51 Å². The molecule has 0 spiro atoms. The standard InChI is InChI=1S/C12H25N2Si.CHF3O3S/c1-13-8-7-12(9-13)10-14(2,3)11-15(4,5)6;2-1(3,4)8(5,6)7/h7-9H,10-11H2,1-6H3;(H,5,6,7)/q+1;/p-1. The van der Waals surface area contributed by atoms with E-state index in [-0.39, 0.29) is 0 Å². The minimum Gasteiger partial charge on any atom is -0.741 e. The molecule has 0 saturated carbocycles. The number of aryl methyl sites for hydroxylation is 1. The largest absolute Gasteiger partial charge is 0.741 e. The first-order chi connectivity index (χ1) is 9.93. The monoisotopic (exact) mass is 374 g/mol. The Morgan fingerprint density at radius 2 is 1.70 bits per heavy atom. The van der Waals surface area contributed by atoms with Crippen LogP contribution in [-0.4, -0.2) is 55.9 Å². The van der Waals surface area contributed by atoms with Gasteiger partial charge in [0, 0.05) is 25.0 Å². The summed E-state index contributed by atoms with van der Waals surface area (Å²) in [5.41, 5.74) is -4.20. The first-order valence-corrected chi connectivity index (χ1v) is 12.0. The normalized spacial score (nSPS) is 13.5. The van der Waals surface area contributed by atoms with E-state index in [2.05, 4.69) is 63.8 Å². The molecule has 0 bridgehead atoms. The number of hydrogen-bond acceptors (Lipinski definition) is 3. The van der Waals surface area contributed by atoms with Crippen molar-refractivity contribution < 1.29 is 30.6 Å². The fraction of sp³-hybridized carbons (Fsp3) is 0.692. The van der Waals surface area contributed by atoms with Crippen LogP contribution in [0.2, 0.25) is 19.6 Å². The van der Waals surface area contributed by atoms with Crippen molar-refractivity contribution in [1.82, 2.24) is 4.57 Å². The van der Waals surface area contributed by atoms with E-state index in [1.165, 1.54) is 11.7 Å². The van der Waals surface area contributed by atoms with Gasteiger partial charge in [-0.1, -0.05) is 19.6 Å². The highest BCUT2D eigenvalue weighted by Crippen LogP contribution is 2.20. The molecule has 1 heterocycles. The molecule has 0 aliphatic carbocycles. The second-order valence-corrected chi connectivity index (χ2v) is 14.2. The number of quaternary nitrogens is 1. The predicted molar refractivity (Wildman–Crippen MR) is 85.2 cm³/mol. The van der Waals surface area contributed by atoms with Crippen LogP contribution in [0.3, 0.4) is 0 Å². The molecule has 0 aliphatic heterocycles. The molecule has 10 heteroatoms. The molecular formula is C13H25F3N2O3SSi. The third-order valence-corrected chi connectivity index (χ3v) is 5.06. The van der Waals surface area contributed by atoms with Crippen LogP contribution in [-0.2, 0) is 23.7 Å². The highest BCUT2D eigenvalue weighted by molar-refractivity contribution is 7.86. The Hall–Kier alpha value is -0.843. The molecule has 0 aliphatic rings. The molecule has 0 aromatic carbocycles. The molecule has 5 nitrogen and oxygen atoms in total. The van der Waals surface area contributed by atoms with Gasteiger partial charge in [0.25, 0.3) is 0 Å². The number of nitrogens with zero attached hydrogens (tertiary/aromatic N) is 2. The topological polar surface area (TPSA) is 62.1 Å². The summed E-state index contributed by atoms with van der Waals surface area (Å²) in [6.07, 6.45) is 5.69. The van der Waals surface area contributed by atoms with E-state index in [1.54, 1.807) is 0 Å². The number of hydrogen-bond donors (Lipinski definition) is 0. The van der Waals surface area contributed by atoms with Gasteiger partial charge in [0.15, 0.2) is 10.1 Å². The Morgan fingerprint density at radius 1 is 1.26 bits per heavy atom. The summed E-state index contributed by atoms with van der Waals surface area (Å²) in [4.78, 5) is 0. The number of alkyl halides is 3. The maximum atomic E-state index is 10.7. The fourth-order valence-electron chi connectivity index (χ4n) is 2.49. The quantitative estimate of drug-likeness (QED) is 0.352. The lowest BCUT2D eigenvalue weighted by Gasteiger charge is -2.34. The van der Waals surface area contributed by atoms with Gasteiger partial charge in [-0.2, -0.15) is 13.2 Å². The third-order valence-electron chi connectivity index (χ3n) is 2.69. The Bertz CT molecular complexity index is 605. The highest BCUT2D eigenvalue weighted by Gasteiger charge is 2.36. The van der Waals surface area contributed by atoms with Gasteiger partial charge in [-0.15, -0.1) is 0 Å². The summed E-state index contributed by atoms with van der Waals surface area (Å²) in [6, 6.07) is 2.23. The average molecular weight is 375 g/mol. The summed E-state index contributed by atoms with van der Waals surface area (Å²) in [5, 5.41) is 0. The summed E-state index contributed by atoms with van der Waals surface area (Å²) in [7, 11) is -0.302. The van der Waals surface area contributed by atoms with Gasteiger partial charge < -0.3 is 13.6 Å². The molecule has 0 radical (unpaired) electrons. The molecule has 0 atom stereocenters. The van der Waals surface area contributed by atoms with E-state index < -0.39 is 23.7 Å². The van der Waals surface area contributed by atoms with Crippen LogP contribution < -0.4 is 0 Å². The Balaban J connectivity index is 0.000000515. The van der Waals surface area contributed by atoms with Crippen LogP contribution in [0, 0.1) is 0 Å². The summed E-state index contributed by atoms with van der Waals surface area (Å²) >= 11 is 0. The lowest BCUT2D eigenvalue weighted by Crippen LogP contribution is -2.49. The van der Waals surface area contributed by atoms with Crippen molar-refractivity contribution in [3.63, 3.8) is 0 Å². The van der Waals surface area contributed by atoms with Crippen LogP contribution in [0.25, 0.3) is 0 Å². The summed E-state index contributed by atoms with van der Waals surface area (Å²) in [5.74, 6) is 0. The van der Waals surface area contributed by atoms with Gasteiger partial charge in [-0.3, -0.25) is 0 Å². The molecule has 0 amide bonds. The number of aromatic nitrogens is 1. The number of rotatable bonds is 4. The lowest BCUT2D eigenvalue weighted by molar-refractivity contribution is -0.894. The molecule has 0 fully saturated rings. The summed E-state index contributed by atoms with van der Waals surface area (Å²) < 4.78 is 62.1. The van der Waals surface area contributed by atoms with Crippen LogP contribution >= 0.6 is 0 Å². The smallest absolute Gasteiger partial charge is 0.485 e. The Kier molecular flexibility index (Phi) is 7.10. The lowest BCUT2D eigenvalue weighted by atomic mass is 10.3. The van der Waals surface area contributed by atoms with E-state index in [9.17, 15) is 13.2 Å². The van der Waals surface area contributed by atoms with Gasteiger partial charge in [0.2, 0.25) is 0 Å². The summed E-state index contributed by atoms with van der Waals surface area (Å²) in [6.45, 7) is 8.47. The molecule has 1 aromatic heterocycles. The minimum atomic E-state index is -6.09. The van der Waals surface area contributed by atoms with Crippen molar-refractivity contribution in [2.45, 2.75) is 31.7 Å². The molecule has 1 rings (SSSR count). The number of halogens is 3. The van der Waals surface area contributed by atoms with Crippen molar-refractivity contribution in [1.29, 1.82) is 0 Å². The van der Waals surface area contributed by atoms with Crippen molar-refractivity contribution in [3.8, 4) is 0 Å². The molecule has 136 valence electrons. The van der Waals surface area contributed by atoms with Crippen molar-refractivity contribution in [3.05, 3.63) is 24.0 Å². The minimum absolute atomic E-state index is 0.974. The maximum Gasteiger partial charge on any atom is 0.485 e. The molecule has 23 heavy (non-hydrogen) atoms. The Labute approximate surface area is 137 Å². The fourth-order valence-corrected chi connectivity index (χ4v) is 5.17. The van der Waals surface area contributed by atoms with Gasteiger partial charge in [0.05, 0.1) is 20.3 Å². The Morgan fingerprint density at radius 3 is 1.96 bits per heavy atom. The zero-order valence-corrected chi connectivity index (χ0v) is 16.1.